The van der Waals surface area contributed by atoms with Crippen LogP contribution in [0.5, 0.6) is 0 Å². The molecule has 1 heterocycles. The Morgan fingerprint density at radius 1 is 0.528 bits per heavy atom. The van der Waals surface area contributed by atoms with Crippen LogP contribution in [0.3, 0.4) is 0 Å². The summed E-state index contributed by atoms with van der Waals surface area (Å²) in [6.45, 7) is 0. The molecule has 3 atom stereocenters. The first-order valence-corrected chi connectivity index (χ1v) is 18.7. The predicted molar refractivity (Wildman–Crippen MR) is 221 cm³/mol. The van der Waals surface area contributed by atoms with Crippen molar-refractivity contribution < 1.29 is 0 Å². The lowest BCUT2D eigenvalue weighted by atomic mass is 9.38. The first-order chi connectivity index (χ1) is 26.3. The minimum Gasteiger partial charge on any atom is -0.310 e. The third kappa shape index (κ3) is 3.77. The van der Waals surface area contributed by atoms with E-state index in [4.69, 9.17) is 0 Å². The SMILES string of the molecule is C1=CC2=CC=CC3C2C(=C1)C31c2cccc3c(N(c4ccc(-c5ccccc5)cc4)c4ccc5c(c4)c4ccccc4n5-c4ccccc4)ccc1c23. The smallest absolute Gasteiger partial charge is 0.0542 e. The molecular formula is C51H34N2. The van der Waals surface area contributed by atoms with E-state index in [1.54, 1.807) is 5.57 Å². The summed E-state index contributed by atoms with van der Waals surface area (Å²) >= 11 is 0. The van der Waals surface area contributed by atoms with E-state index in [1.807, 2.05) is 0 Å². The molecule has 53 heavy (non-hydrogen) atoms. The first-order valence-electron chi connectivity index (χ1n) is 18.7. The topological polar surface area (TPSA) is 8.17 Å². The molecule has 4 aliphatic carbocycles. The Morgan fingerprint density at radius 3 is 2.11 bits per heavy atom. The summed E-state index contributed by atoms with van der Waals surface area (Å²) in [5.74, 6) is 0.964. The van der Waals surface area contributed by atoms with Crippen LogP contribution in [0.15, 0.2) is 205 Å². The Hall–Kier alpha value is -6.64. The highest BCUT2D eigenvalue weighted by molar-refractivity contribution is 6.12. The van der Waals surface area contributed by atoms with Gasteiger partial charge in [-0.3, -0.25) is 0 Å². The second-order valence-electron chi connectivity index (χ2n) is 14.8. The Kier molecular flexibility index (Phi) is 5.85. The summed E-state index contributed by atoms with van der Waals surface area (Å²) < 4.78 is 2.39. The van der Waals surface area contributed by atoms with Crippen molar-refractivity contribution in [3.05, 3.63) is 216 Å². The van der Waals surface area contributed by atoms with Crippen LogP contribution < -0.4 is 4.90 Å². The van der Waals surface area contributed by atoms with Gasteiger partial charge in [-0.15, -0.1) is 0 Å². The van der Waals surface area contributed by atoms with Gasteiger partial charge in [0.1, 0.15) is 0 Å². The molecule has 0 radical (unpaired) electrons. The van der Waals surface area contributed by atoms with Crippen molar-refractivity contribution in [1.29, 1.82) is 0 Å². The number of benzene rings is 7. The van der Waals surface area contributed by atoms with E-state index in [0.29, 0.717) is 11.8 Å². The fourth-order valence-corrected chi connectivity index (χ4v) is 10.3. The van der Waals surface area contributed by atoms with Crippen LogP contribution >= 0.6 is 0 Å². The number of hydrogen-bond acceptors (Lipinski definition) is 1. The van der Waals surface area contributed by atoms with Crippen molar-refractivity contribution in [1.82, 2.24) is 4.57 Å². The molecule has 7 aromatic carbocycles. The maximum Gasteiger partial charge on any atom is 0.0542 e. The largest absolute Gasteiger partial charge is 0.310 e. The number of aromatic nitrogens is 1. The molecule has 248 valence electrons. The quantitative estimate of drug-likeness (QED) is 0.176. The molecule has 1 aromatic heterocycles. The van der Waals surface area contributed by atoms with Crippen LogP contribution in [0.1, 0.15) is 11.1 Å². The second kappa shape index (κ2) is 10.7. The Morgan fingerprint density at radius 2 is 1.25 bits per heavy atom. The third-order valence-electron chi connectivity index (χ3n) is 12.4. The van der Waals surface area contributed by atoms with Gasteiger partial charge in [0.05, 0.1) is 22.1 Å². The van der Waals surface area contributed by atoms with Gasteiger partial charge in [-0.05, 0) is 93.4 Å². The van der Waals surface area contributed by atoms with Crippen molar-refractivity contribution in [2.24, 2.45) is 11.8 Å². The van der Waals surface area contributed by atoms with Crippen LogP contribution in [0.25, 0.3) is 49.4 Å². The second-order valence-corrected chi connectivity index (χ2v) is 14.8. The van der Waals surface area contributed by atoms with E-state index in [1.165, 1.54) is 71.8 Å². The van der Waals surface area contributed by atoms with Crippen LogP contribution in [-0.2, 0) is 5.41 Å². The lowest BCUT2D eigenvalue weighted by molar-refractivity contribution is 0.233. The van der Waals surface area contributed by atoms with Crippen LogP contribution in [0.4, 0.5) is 17.1 Å². The summed E-state index contributed by atoms with van der Waals surface area (Å²) in [6, 6.07) is 58.1. The molecule has 1 saturated carbocycles. The van der Waals surface area contributed by atoms with E-state index >= 15 is 0 Å². The molecule has 0 bridgehead atoms. The highest BCUT2D eigenvalue weighted by atomic mass is 15.1. The number of allylic oxidation sites excluding steroid dienone is 8. The van der Waals surface area contributed by atoms with Gasteiger partial charge in [0.15, 0.2) is 0 Å². The van der Waals surface area contributed by atoms with Crippen molar-refractivity contribution in [3.8, 4) is 16.8 Å². The van der Waals surface area contributed by atoms with Gasteiger partial charge in [0.25, 0.3) is 0 Å². The monoisotopic (exact) mass is 674 g/mol. The van der Waals surface area contributed by atoms with Crippen molar-refractivity contribution in [3.63, 3.8) is 0 Å². The van der Waals surface area contributed by atoms with E-state index in [0.717, 1.165) is 11.4 Å². The zero-order valence-electron chi connectivity index (χ0n) is 29.0. The fraction of sp³-hybridized carbons (Fsp3) is 0.0588. The number of rotatable bonds is 5. The number of fused-ring (bicyclic) bond motifs is 7. The molecule has 0 N–H and O–H groups in total. The van der Waals surface area contributed by atoms with E-state index < -0.39 is 0 Å². The number of anilines is 3. The van der Waals surface area contributed by atoms with Gasteiger partial charge in [0, 0.05) is 45.1 Å². The summed E-state index contributed by atoms with van der Waals surface area (Å²) in [6.07, 6.45) is 14.0. The number of nitrogens with zero attached hydrogens (tertiary/aromatic N) is 2. The molecule has 1 fully saturated rings. The summed E-state index contributed by atoms with van der Waals surface area (Å²) in [4.78, 5) is 2.48. The van der Waals surface area contributed by atoms with Gasteiger partial charge in [-0.2, -0.15) is 0 Å². The first kappa shape index (κ1) is 29.0. The highest BCUT2D eigenvalue weighted by Gasteiger charge is 2.64. The molecule has 2 nitrogen and oxygen atoms in total. The molecule has 12 rings (SSSR count). The summed E-state index contributed by atoms with van der Waals surface area (Å²) in [5, 5.41) is 5.21. The standard InChI is InChI=1S/C51H34N2/c1-3-12-33(13-4-1)34-24-26-37(27-25-34)52(38-28-30-48-41(32-38)39-18-7-8-23-46(39)53(48)36-16-5-2-6-17-36)47-31-29-45-50-40(47)19-11-22-44(50)51(45)42-20-9-14-35-15-10-21-43(51)49(35)42/h1-32,42,49H. The van der Waals surface area contributed by atoms with E-state index in [9.17, 15) is 0 Å². The minimum absolute atomic E-state index is 0.0286. The number of hydrogen-bond donors (Lipinski definition) is 0. The van der Waals surface area contributed by atoms with Crippen molar-refractivity contribution in [2.75, 3.05) is 4.90 Å². The van der Waals surface area contributed by atoms with Crippen molar-refractivity contribution in [2.45, 2.75) is 5.41 Å². The Balaban J connectivity index is 1.07. The van der Waals surface area contributed by atoms with Gasteiger partial charge in [-0.1, -0.05) is 140 Å². The Bertz CT molecular complexity index is 2930. The number of para-hydroxylation sites is 2. The van der Waals surface area contributed by atoms with Gasteiger partial charge < -0.3 is 9.47 Å². The molecule has 4 aliphatic rings. The van der Waals surface area contributed by atoms with Gasteiger partial charge in [0.2, 0.25) is 0 Å². The third-order valence-corrected chi connectivity index (χ3v) is 12.4. The lowest BCUT2D eigenvalue weighted by Gasteiger charge is -2.64. The summed E-state index contributed by atoms with van der Waals surface area (Å²) in [7, 11) is 0. The molecule has 0 saturated heterocycles. The predicted octanol–water partition coefficient (Wildman–Crippen LogP) is 12.9. The van der Waals surface area contributed by atoms with Crippen LogP contribution in [0, 0.1) is 11.8 Å². The molecular weight excluding hydrogens is 641 g/mol. The highest BCUT2D eigenvalue weighted by Crippen LogP contribution is 2.71. The van der Waals surface area contributed by atoms with Gasteiger partial charge in [-0.25, -0.2) is 0 Å². The maximum atomic E-state index is 2.48. The summed E-state index contributed by atoms with van der Waals surface area (Å²) in [5.41, 5.74) is 15.4. The zero-order chi connectivity index (χ0) is 34.7. The van der Waals surface area contributed by atoms with Crippen LogP contribution in [-0.4, -0.2) is 4.57 Å². The lowest BCUT2D eigenvalue weighted by Crippen LogP contribution is -2.59. The molecule has 2 heteroatoms. The molecule has 0 amide bonds. The Labute approximate surface area is 308 Å². The molecule has 8 aromatic rings. The van der Waals surface area contributed by atoms with Gasteiger partial charge >= 0.3 is 0 Å². The fourth-order valence-electron chi connectivity index (χ4n) is 10.3. The minimum atomic E-state index is -0.0286. The van der Waals surface area contributed by atoms with Crippen molar-refractivity contribution >= 4 is 49.6 Å². The zero-order valence-corrected chi connectivity index (χ0v) is 29.0. The molecule has 3 unspecified atom stereocenters. The normalized spacial score (nSPS) is 20.2. The molecule has 0 aliphatic heterocycles. The average molecular weight is 675 g/mol. The van der Waals surface area contributed by atoms with Crippen LogP contribution in [0.2, 0.25) is 0 Å². The molecule has 1 spiro atoms. The maximum absolute atomic E-state index is 2.48. The van der Waals surface area contributed by atoms with E-state index in [-0.39, 0.29) is 5.41 Å². The average Bonchev–Trinajstić information content (AvgIpc) is 3.55. The van der Waals surface area contributed by atoms with E-state index in [2.05, 4.69) is 204 Å².